The Morgan fingerprint density at radius 2 is 2.00 bits per heavy atom. The Morgan fingerprint density at radius 1 is 1.33 bits per heavy atom. The zero-order chi connectivity index (χ0) is 15.0. The van der Waals surface area contributed by atoms with Gasteiger partial charge in [0, 0.05) is 19.6 Å². The fourth-order valence-corrected chi connectivity index (χ4v) is 5.63. The van der Waals surface area contributed by atoms with E-state index in [0.29, 0.717) is 17.1 Å². The van der Waals surface area contributed by atoms with Crippen LogP contribution in [0.25, 0.3) is 0 Å². The monoisotopic (exact) mass is 377 g/mol. The summed E-state index contributed by atoms with van der Waals surface area (Å²) in [7, 11) is -1.94. The van der Waals surface area contributed by atoms with Gasteiger partial charge in [-0.3, -0.25) is 0 Å². The molecule has 7 nitrogen and oxygen atoms in total. The van der Waals surface area contributed by atoms with E-state index in [2.05, 4.69) is 31.6 Å². The summed E-state index contributed by atoms with van der Waals surface area (Å²) >= 11 is 3.21. The van der Waals surface area contributed by atoms with Crippen molar-refractivity contribution in [3.63, 3.8) is 0 Å². The van der Waals surface area contributed by atoms with E-state index in [-0.39, 0.29) is 11.1 Å². The van der Waals surface area contributed by atoms with Crippen molar-refractivity contribution in [2.24, 2.45) is 13.0 Å². The maximum Gasteiger partial charge on any atom is 0.263 e. The number of halogens is 1. The number of aromatic nitrogens is 3. The van der Waals surface area contributed by atoms with Crippen molar-refractivity contribution in [3.05, 3.63) is 4.60 Å². The molecule has 118 valence electrons. The van der Waals surface area contributed by atoms with Crippen LogP contribution in [-0.2, 0) is 17.1 Å². The van der Waals surface area contributed by atoms with Crippen molar-refractivity contribution in [3.8, 4) is 0 Å². The highest BCUT2D eigenvalue weighted by Crippen LogP contribution is 2.35. The summed E-state index contributed by atoms with van der Waals surface area (Å²) in [4.78, 5) is 0. The number of sulfonamides is 1. The van der Waals surface area contributed by atoms with Gasteiger partial charge >= 0.3 is 0 Å². The normalized spacial score (nSPS) is 21.1. The zero-order valence-electron chi connectivity index (χ0n) is 12.0. The molecule has 1 saturated heterocycles. The highest BCUT2D eigenvalue weighted by Gasteiger charge is 2.41. The minimum atomic E-state index is -3.55. The van der Waals surface area contributed by atoms with Crippen molar-refractivity contribution in [1.82, 2.24) is 24.6 Å². The number of rotatable bonds is 5. The van der Waals surface area contributed by atoms with E-state index in [1.807, 2.05) is 0 Å². The van der Waals surface area contributed by atoms with Crippen molar-refractivity contribution < 1.29 is 8.42 Å². The van der Waals surface area contributed by atoms with Crippen molar-refractivity contribution in [1.29, 1.82) is 0 Å². The molecule has 1 aliphatic carbocycles. The molecule has 1 aromatic heterocycles. The average Bonchev–Trinajstić information content (AvgIpc) is 3.22. The number of hydrogen-bond acceptors (Lipinski definition) is 5. The van der Waals surface area contributed by atoms with E-state index in [1.54, 1.807) is 11.4 Å². The highest BCUT2D eigenvalue weighted by molar-refractivity contribution is 9.10. The summed E-state index contributed by atoms with van der Waals surface area (Å²) < 4.78 is 29.2. The summed E-state index contributed by atoms with van der Waals surface area (Å²) in [5, 5.41) is 11.1. The van der Waals surface area contributed by atoms with E-state index >= 15 is 0 Å². The Kier molecular flexibility index (Phi) is 4.35. The third-order valence-electron chi connectivity index (χ3n) is 4.14. The van der Waals surface area contributed by atoms with Crippen LogP contribution in [-0.4, -0.2) is 53.4 Å². The minimum absolute atomic E-state index is 0.145. The van der Waals surface area contributed by atoms with Crippen molar-refractivity contribution in [2.45, 2.75) is 36.8 Å². The topological polar surface area (TPSA) is 80.1 Å². The first-order valence-corrected chi connectivity index (χ1v) is 9.51. The molecule has 0 amide bonds. The van der Waals surface area contributed by atoms with Crippen LogP contribution in [0.2, 0.25) is 0 Å². The lowest BCUT2D eigenvalue weighted by Crippen LogP contribution is -2.41. The molecule has 2 fully saturated rings. The second kappa shape index (κ2) is 5.94. The molecule has 0 bridgehead atoms. The molecule has 3 rings (SSSR count). The molecule has 0 aromatic carbocycles. The van der Waals surface area contributed by atoms with Crippen LogP contribution in [0.4, 0.5) is 0 Å². The van der Waals surface area contributed by atoms with Gasteiger partial charge in [0.2, 0.25) is 5.03 Å². The molecule has 1 N–H and O–H groups in total. The molecule has 1 aliphatic heterocycles. The first-order valence-electron chi connectivity index (χ1n) is 7.28. The Morgan fingerprint density at radius 3 is 2.52 bits per heavy atom. The number of nitrogens with one attached hydrogen (secondary N) is 1. The van der Waals surface area contributed by atoms with Crippen LogP contribution < -0.4 is 5.32 Å². The van der Waals surface area contributed by atoms with E-state index in [1.165, 1.54) is 4.68 Å². The molecule has 2 aliphatic rings. The van der Waals surface area contributed by atoms with Gasteiger partial charge in [-0.2, -0.15) is 4.31 Å². The lowest BCUT2D eigenvalue weighted by molar-refractivity contribution is 0.282. The van der Waals surface area contributed by atoms with Gasteiger partial charge in [-0.05, 0) is 60.6 Å². The van der Waals surface area contributed by atoms with Crippen molar-refractivity contribution >= 4 is 26.0 Å². The molecule has 1 aromatic rings. The van der Waals surface area contributed by atoms with E-state index in [0.717, 1.165) is 38.8 Å². The fourth-order valence-electron chi connectivity index (χ4n) is 2.83. The SMILES string of the molecule is Cn1nnc(Br)c1S(=O)(=O)N(CC1CCNCC1)C1CC1. The molecule has 2 heterocycles. The molecule has 0 atom stereocenters. The van der Waals surface area contributed by atoms with Gasteiger partial charge in [-0.1, -0.05) is 5.21 Å². The molecule has 0 radical (unpaired) electrons. The van der Waals surface area contributed by atoms with E-state index in [9.17, 15) is 8.42 Å². The first-order chi connectivity index (χ1) is 10.00. The Balaban J connectivity index is 1.86. The number of piperidine rings is 1. The van der Waals surface area contributed by atoms with Gasteiger partial charge in [0.25, 0.3) is 10.0 Å². The molecule has 9 heteroatoms. The lowest BCUT2D eigenvalue weighted by atomic mass is 9.98. The van der Waals surface area contributed by atoms with E-state index in [4.69, 9.17) is 0 Å². The van der Waals surface area contributed by atoms with Gasteiger partial charge in [-0.15, -0.1) is 5.10 Å². The van der Waals surface area contributed by atoms with Crippen molar-refractivity contribution in [2.75, 3.05) is 19.6 Å². The molecule has 21 heavy (non-hydrogen) atoms. The summed E-state index contributed by atoms with van der Waals surface area (Å²) in [5.41, 5.74) is 0. The zero-order valence-corrected chi connectivity index (χ0v) is 14.4. The predicted molar refractivity (Wildman–Crippen MR) is 81.2 cm³/mol. The van der Waals surface area contributed by atoms with Gasteiger partial charge in [-0.25, -0.2) is 13.1 Å². The number of aryl methyl sites for hydroxylation is 1. The van der Waals surface area contributed by atoms with Gasteiger partial charge in [0.05, 0.1) is 0 Å². The predicted octanol–water partition coefficient (Wildman–Crippen LogP) is 0.730. The largest absolute Gasteiger partial charge is 0.317 e. The third kappa shape index (κ3) is 3.15. The average molecular weight is 378 g/mol. The first kappa shape index (κ1) is 15.4. The smallest absolute Gasteiger partial charge is 0.263 e. The van der Waals surface area contributed by atoms with Gasteiger partial charge in [0.15, 0.2) is 4.60 Å². The van der Waals surface area contributed by atoms with Crippen LogP contribution in [0.1, 0.15) is 25.7 Å². The summed E-state index contributed by atoms with van der Waals surface area (Å²) in [6.07, 6.45) is 3.97. The molecule has 0 spiro atoms. The maximum atomic E-state index is 13.0. The molecule has 1 saturated carbocycles. The van der Waals surface area contributed by atoms with Crippen LogP contribution in [0.3, 0.4) is 0 Å². The summed E-state index contributed by atoms with van der Waals surface area (Å²) in [6.45, 7) is 2.55. The molecular weight excluding hydrogens is 358 g/mol. The van der Waals surface area contributed by atoms with Crippen LogP contribution >= 0.6 is 15.9 Å². The fraction of sp³-hybridized carbons (Fsp3) is 0.833. The number of nitrogens with zero attached hydrogens (tertiary/aromatic N) is 4. The highest BCUT2D eigenvalue weighted by atomic mass is 79.9. The standard InChI is InChI=1S/C12H20BrN5O2S/c1-17-12(11(13)15-16-17)21(19,20)18(10-2-3-10)8-9-4-6-14-7-5-9/h9-10,14H,2-8H2,1H3. The maximum absolute atomic E-state index is 13.0. The lowest BCUT2D eigenvalue weighted by Gasteiger charge is -2.29. The molecule has 0 unspecified atom stereocenters. The Labute approximate surface area is 133 Å². The van der Waals surface area contributed by atoms with Gasteiger partial charge in [0.1, 0.15) is 0 Å². The Bertz CT molecular complexity index is 588. The second-order valence-corrected chi connectivity index (χ2v) is 8.37. The number of hydrogen-bond donors (Lipinski definition) is 1. The summed E-state index contributed by atoms with van der Waals surface area (Å²) in [5.74, 6) is 0.432. The Hall–Kier alpha value is -0.510. The van der Waals surface area contributed by atoms with Crippen LogP contribution in [0.15, 0.2) is 9.63 Å². The summed E-state index contributed by atoms with van der Waals surface area (Å²) in [6, 6.07) is 0.145. The second-order valence-electron chi connectivity index (χ2n) is 5.81. The van der Waals surface area contributed by atoms with Crippen LogP contribution in [0, 0.1) is 5.92 Å². The third-order valence-corrected chi connectivity index (χ3v) is 6.95. The van der Waals surface area contributed by atoms with E-state index < -0.39 is 10.0 Å². The molecular formula is C12H20BrN5O2S. The van der Waals surface area contributed by atoms with Crippen LogP contribution in [0.5, 0.6) is 0 Å². The quantitative estimate of drug-likeness (QED) is 0.817. The minimum Gasteiger partial charge on any atom is -0.317 e. The van der Waals surface area contributed by atoms with Gasteiger partial charge < -0.3 is 5.32 Å².